The van der Waals surface area contributed by atoms with Crippen molar-refractivity contribution in [3.8, 4) is 0 Å². The van der Waals surface area contributed by atoms with Crippen LogP contribution in [0.15, 0.2) is 21.2 Å². The van der Waals surface area contributed by atoms with Gasteiger partial charge in [-0.2, -0.15) is 0 Å². The van der Waals surface area contributed by atoms with Gasteiger partial charge >= 0.3 is 0 Å². The van der Waals surface area contributed by atoms with Gasteiger partial charge in [0.25, 0.3) is 0 Å². The molecule has 1 atom stereocenters. The first-order valence-electron chi connectivity index (χ1n) is 5.46. The van der Waals surface area contributed by atoms with Gasteiger partial charge in [0.1, 0.15) is 0 Å². The Balaban J connectivity index is 2.70. The molecule has 16 heavy (non-hydrogen) atoms. The Morgan fingerprint density at radius 1 is 1.44 bits per heavy atom. The summed E-state index contributed by atoms with van der Waals surface area (Å²) in [5.41, 5.74) is 3.80. The maximum atomic E-state index is 5.57. The van der Waals surface area contributed by atoms with Crippen molar-refractivity contribution in [3.05, 3.63) is 26.9 Å². The van der Waals surface area contributed by atoms with Crippen molar-refractivity contribution in [1.29, 1.82) is 0 Å². The number of hydrogen-bond acceptors (Lipinski definition) is 3. The number of unbranched alkanes of at least 4 members (excludes halogenated alkanes) is 2. The second kappa shape index (κ2) is 7.37. The van der Waals surface area contributed by atoms with Gasteiger partial charge in [0.15, 0.2) is 0 Å². The summed E-state index contributed by atoms with van der Waals surface area (Å²) >= 11 is 6.90. The molecule has 0 saturated heterocycles. The van der Waals surface area contributed by atoms with E-state index in [9.17, 15) is 0 Å². The first kappa shape index (κ1) is 14.1. The SMILES string of the molecule is CCCCCC(NN)c1ncc(Br)cc1Br. The van der Waals surface area contributed by atoms with E-state index < -0.39 is 0 Å². The van der Waals surface area contributed by atoms with Gasteiger partial charge < -0.3 is 0 Å². The molecular weight excluding hydrogens is 334 g/mol. The standard InChI is InChI=1S/C11H17Br2N3/c1-2-3-4-5-10(16-14)11-9(13)6-8(12)7-15-11/h6-7,10,16H,2-5,14H2,1H3. The molecule has 1 aromatic rings. The second-order valence-electron chi connectivity index (χ2n) is 3.74. The monoisotopic (exact) mass is 349 g/mol. The summed E-state index contributed by atoms with van der Waals surface area (Å²) in [6, 6.07) is 2.11. The minimum atomic E-state index is 0.119. The van der Waals surface area contributed by atoms with Crippen LogP contribution in [0.4, 0.5) is 0 Å². The highest BCUT2D eigenvalue weighted by molar-refractivity contribution is 9.11. The molecule has 5 heteroatoms. The summed E-state index contributed by atoms with van der Waals surface area (Å²) in [7, 11) is 0. The van der Waals surface area contributed by atoms with E-state index >= 15 is 0 Å². The highest BCUT2D eigenvalue weighted by atomic mass is 79.9. The van der Waals surface area contributed by atoms with Crippen LogP contribution in [-0.4, -0.2) is 4.98 Å². The van der Waals surface area contributed by atoms with Crippen LogP contribution in [0.5, 0.6) is 0 Å². The predicted octanol–water partition coefficient (Wildman–Crippen LogP) is 3.69. The number of halogens is 2. The van der Waals surface area contributed by atoms with Crippen LogP contribution in [0.2, 0.25) is 0 Å². The molecule has 0 radical (unpaired) electrons. The number of aromatic nitrogens is 1. The van der Waals surface area contributed by atoms with Gasteiger partial charge in [0.05, 0.1) is 11.7 Å². The topological polar surface area (TPSA) is 50.9 Å². The van der Waals surface area contributed by atoms with Crippen molar-refractivity contribution in [1.82, 2.24) is 10.4 Å². The molecule has 0 aromatic carbocycles. The highest BCUT2D eigenvalue weighted by Gasteiger charge is 2.14. The van der Waals surface area contributed by atoms with Crippen LogP contribution in [0.3, 0.4) is 0 Å². The molecule has 0 aliphatic heterocycles. The fourth-order valence-electron chi connectivity index (χ4n) is 1.58. The van der Waals surface area contributed by atoms with Gasteiger partial charge in [0, 0.05) is 15.1 Å². The average Bonchev–Trinajstić information content (AvgIpc) is 2.26. The third-order valence-electron chi connectivity index (χ3n) is 2.46. The fraction of sp³-hybridized carbons (Fsp3) is 0.545. The smallest absolute Gasteiger partial charge is 0.0729 e. The minimum Gasteiger partial charge on any atom is -0.271 e. The zero-order valence-corrected chi connectivity index (χ0v) is 12.5. The molecule has 3 nitrogen and oxygen atoms in total. The molecule has 1 rings (SSSR count). The molecule has 3 N–H and O–H groups in total. The van der Waals surface area contributed by atoms with Crippen LogP contribution in [0.1, 0.15) is 44.3 Å². The lowest BCUT2D eigenvalue weighted by atomic mass is 10.1. The number of nitrogens with one attached hydrogen (secondary N) is 1. The summed E-state index contributed by atoms with van der Waals surface area (Å²) in [6.45, 7) is 2.19. The van der Waals surface area contributed by atoms with Gasteiger partial charge in [-0.25, -0.2) is 0 Å². The van der Waals surface area contributed by atoms with E-state index in [0.29, 0.717) is 0 Å². The predicted molar refractivity (Wildman–Crippen MR) is 73.8 cm³/mol. The first-order chi connectivity index (χ1) is 7.69. The van der Waals surface area contributed by atoms with E-state index in [0.717, 1.165) is 27.5 Å². The van der Waals surface area contributed by atoms with E-state index in [4.69, 9.17) is 5.84 Å². The summed E-state index contributed by atoms with van der Waals surface area (Å²) in [5.74, 6) is 5.57. The van der Waals surface area contributed by atoms with Gasteiger partial charge in [-0.15, -0.1) is 0 Å². The average molecular weight is 351 g/mol. The van der Waals surface area contributed by atoms with Crippen molar-refractivity contribution >= 4 is 31.9 Å². The van der Waals surface area contributed by atoms with E-state index in [2.05, 4.69) is 49.2 Å². The second-order valence-corrected chi connectivity index (χ2v) is 5.51. The molecule has 90 valence electrons. The van der Waals surface area contributed by atoms with Crippen LogP contribution in [-0.2, 0) is 0 Å². The van der Waals surface area contributed by atoms with Crippen molar-refractivity contribution in [2.45, 2.75) is 38.6 Å². The molecule has 0 saturated carbocycles. The molecule has 0 bridgehead atoms. The summed E-state index contributed by atoms with van der Waals surface area (Å²) in [5, 5.41) is 0. The third kappa shape index (κ3) is 4.13. The van der Waals surface area contributed by atoms with Crippen LogP contribution in [0.25, 0.3) is 0 Å². The Bertz CT molecular complexity index is 331. The molecule has 0 spiro atoms. The van der Waals surface area contributed by atoms with E-state index in [-0.39, 0.29) is 6.04 Å². The van der Waals surface area contributed by atoms with Gasteiger partial charge in [-0.05, 0) is 44.3 Å². The third-order valence-corrected chi connectivity index (χ3v) is 3.53. The van der Waals surface area contributed by atoms with E-state index in [1.54, 1.807) is 6.20 Å². The Kier molecular flexibility index (Phi) is 6.49. The van der Waals surface area contributed by atoms with Crippen LogP contribution >= 0.6 is 31.9 Å². The molecular formula is C11H17Br2N3. The highest BCUT2D eigenvalue weighted by Crippen LogP contribution is 2.27. The number of hydrogen-bond donors (Lipinski definition) is 2. The summed E-state index contributed by atoms with van der Waals surface area (Å²) in [4.78, 5) is 4.39. The molecule has 0 amide bonds. The molecule has 1 heterocycles. The Hall–Kier alpha value is 0.0300. The van der Waals surface area contributed by atoms with Gasteiger partial charge in [0.2, 0.25) is 0 Å². The van der Waals surface area contributed by atoms with Crippen molar-refractivity contribution in [3.63, 3.8) is 0 Å². The van der Waals surface area contributed by atoms with Crippen LogP contribution in [0, 0.1) is 0 Å². The zero-order valence-electron chi connectivity index (χ0n) is 9.34. The number of pyridine rings is 1. The lowest BCUT2D eigenvalue weighted by molar-refractivity contribution is 0.475. The van der Waals surface area contributed by atoms with Crippen molar-refractivity contribution < 1.29 is 0 Å². The molecule has 1 aromatic heterocycles. The fourth-order valence-corrected chi connectivity index (χ4v) is 2.84. The molecule has 0 fully saturated rings. The van der Waals surface area contributed by atoms with Gasteiger partial charge in [-0.3, -0.25) is 16.3 Å². The quantitative estimate of drug-likeness (QED) is 0.467. The zero-order chi connectivity index (χ0) is 12.0. The summed E-state index contributed by atoms with van der Waals surface area (Å²) < 4.78 is 1.95. The minimum absolute atomic E-state index is 0.119. The normalized spacial score (nSPS) is 12.8. The number of nitrogens with two attached hydrogens (primary N) is 1. The Morgan fingerprint density at radius 3 is 2.75 bits per heavy atom. The Labute approximate surface area is 113 Å². The molecule has 1 unspecified atom stereocenters. The van der Waals surface area contributed by atoms with Crippen molar-refractivity contribution in [2.75, 3.05) is 0 Å². The van der Waals surface area contributed by atoms with E-state index in [1.165, 1.54) is 12.8 Å². The van der Waals surface area contributed by atoms with Crippen molar-refractivity contribution in [2.24, 2.45) is 5.84 Å². The Morgan fingerprint density at radius 2 is 2.19 bits per heavy atom. The lowest BCUT2D eigenvalue weighted by Crippen LogP contribution is -2.29. The summed E-state index contributed by atoms with van der Waals surface area (Å²) in [6.07, 6.45) is 6.41. The van der Waals surface area contributed by atoms with Crippen LogP contribution < -0.4 is 11.3 Å². The van der Waals surface area contributed by atoms with Gasteiger partial charge in [-0.1, -0.05) is 26.2 Å². The van der Waals surface area contributed by atoms with E-state index in [1.807, 2.05) is 6.07 Å². The molecule has 0 aliphatic carbocycles. The maximum absolute atomic E-state index is 5.57. The maximum Gasteiger partial charge on any atom is 0.0729 e. The lowest BCUT2D eigenvalue weighted by Gasteiger charge is -2.16. The number of rotatable bonds is 6. The number of hydrazine groups is 1. The number of nitrogens with zero attached hydrogens (tertiary/aromatic N) is 1. The largest absolute Gasteiger partial charge is 0.271 e. The molecule has 0 aliphatic rings. The first-order valence-corrected chi connectivity index (χ1v) is 7.04.